The van der Waals surface area contributed by atoms with Crippen LogP contribution in [0.15, 0.2) is 36.8 Å². The lowest BCUT2D eigenvalue weighted by Crippen LogP contribution is -2.26. The maximum atomic E-state index is 12.9. The lowest BCUT2D eigenvalue weighted by atomic mass is 9.85. The fourth-order valence-electron chi connectivity index (χ4n) is 2.98. The van der Waals surface area contributed by atoms with Crippen LogP contribution in [0.3, 0.4) is 0 Å². The quantitative estimate of drug-likeness (QED) is 0.638. The van der Waals surface area contributed by atoms with Gasteiger partial charge in [-0.1, -0.05) is 0 Å². The van der Waals surface area contributed by atoms with E-state index in [9.17, 15) is 14.5 Å². The lowest BCUT2D eigenvalue weighted by molar-refractivity contribution is -0.384. The Labute approximate surface area is 151 Å². The molecule has 1 aliphatic carbocycles. The average molecular weight is 362 g/mol. The Bertz CT molecular complexity index is 707. The summed E-state index contributed by atoms with van der Waals surface area (Å²) >= 11 is 0. The van der Waals surface area contributed by atoms with Crippen LogP contribution in [0.5, 0.6) is 0 Å². The number of halogens is 1. The summed E-state index contributed by atoms with van der Waals surface area (Å²) in [6.45, 7) is 0.347. The topological polar surface area (TPSA) is 115 Å². The summed E-state index contributed by atoms with van der Waals surface area (Å²) in [7, 11) is 0. The number of hydrogen-bond donors (Lipinski definition) is 2. The second-order valence-corrected chi connectivity index (χ2v) is 6.31. The monoisotopic (exact) mass is 362 g/mol. The summed E-state index contributed by atoms with van der Waals surface area (Å²) in [5.74, 6) is 0.106. The lowest BCUT2D eigenvalue weighted by Gasteiger charge is -2.25. The predicted octanol–water partition coefficient (Wildman–Crippen LogP) is 3.08. The van der Waals surface area contributed by atoms with Gasteiger partial charge in [0.1, 0.15) is 12.1 Å². The van der Waals surface area contributed by atoms with Crippen LogP contribution in [0.25, 0.3) is 11.3 Å². The molecule has 2 aromatic rings. The van der Waals surface area contributed by atoms with E-state index >= 15 is 0 Å². The molecule has 0 aliphatic heterocycles. The van der Waals surface area contributed by atoms with E-state index in [-0.39, 0.29) is 11.3 Å². The second-order valence-electron chi connectivity index (χ2n) is 6.31. The predicted molar refractivity (Wildman–Crippen MR) is 95.7 cm³/mol. The molecule has 1 aromatic carbocycles. The van der Waals surface area contributed by atoms with Gasteiger partial charge in [-0.3, -0.25) is 10.1 Å². The molecule has 7 nitrogen and oxygen atoms in total. The van der Waals surface area contributed by atoms with E-state index in [4.69, 9.17) is 10.8 Å². The number of nitrogens with two attached hydrogens (primary N) is 1. The molecule has 3 rings (SSSR count). The first-order valence-corrected chi connectivity index (χ1v) is 8.58. The maximum absolute atomic E-state index is 12.9. The van der Waals surface area contributed by atoms with Crippen molar-refractivity contribution in [2.45, 2.75) is 38.1 Å². The molecule has 8 heteroatoms. The van der Waals surface area contributed by atoms with E-state index in [0.717, 1.165) is 37.3 Å². The highest BCUT2D eigenvalue weighted by Gasteiger charge is 2.18. The van der Waals surface area contributed by atoms with Crippen molar-refractivity contribution in [1.82, 2.24) is 9.97 Å². The van der Waals surface area contributed by atoms with Crippen molar-refractivity contribution < 1.29 is 14.4 Å². The second kappa shape index (κ2) is 9.88. The van der Waals surface area contributed by atoms with E-state index < -0.39 is 10.7 Å². The van der Waals surface area contributed by atoms with Crippen molar-refractivity contribution in [3.63, 3.8) is 0 Å². The number of benzene rings is 1. The molecule has 1 saturated carbocycles. The smallest absolute Gasteiger partial charge is 0.281 e. The Hall–Kier alpha value is -2.45. The summed E-state index contributed by atoms with van der Waals surface area (Å²) in [5.41, 5.74) is 6.09. The van der Waals surface area contributed by atoms with Crippen LogP contribution in [0.2, 0.25) is 0 Å². The highest BCUT2D eigenvalue weighted by atomic mass is 19.1. The van der Waals surface area contributed by atoms with E-state index in [1.165, 1.54) is 37.5 Å². The first kappa shape index (κ1) is 19.9. The summed E-state index contributed by atoms with van der Waals surface area (Å²) in [6.07, 6.45) is 8.49. The van der Waals surface area contributed by atoms with Gasteiger partial charge in [0.2, 0.25) is 0 Å². The number of nitro groups is 1. The first-order chi connectivity index (χ1) is 12.5. The fourth-order valence-corrected chi connectivity index (χ4v) is 2.98. The van der Waals surface area contributed by atoms with Crippen molar-refractivity contribution in [1.29, 1.82) is 0 Å². The molecule has 0 bridgehead atoms. The van der Waals surface area contributed by atoms with Crippen LogP contribution in [-0.2, 0) is 0 Å². The van der Waals surface area contributed by atoms with Crippen LogP contribution >= 0.6 is 0 Å². The third-order valence-electron chi connectivity index (χ3n) is 4.44. The van der Waals surface area contributed by atoms with Gasteiger partial charge >= 0.3 is 0 Å². The molecule has 1 aliphatic rings. The Morgan fingerprint density at radius 1 is 1.27 bits per heavy atom. The van der Waals surface area contributed by atoms with Gasteiger partial charge in [0.05, 0.1) is 22.2 Å². The number of nitro benzene ring substituents is 1. The van der Waals surface area contributed by atoms with Crippen LogP contribution in [0, 0.1) is 21.8 Å². The summed E-state index contributed by atoms with van der Waals surface area (Å²) < 4.78 is 12.9. The number of nitrogens with zero attached hydrogens (tertiary/aromatic N) is 3. The average Bonchev–Trinajstić information content (AvgIpc) is 2.65. The summed E-state index contributed by atoms with van der Waals surface area (Å²) in [5, 5.41) is 19.4. The molecular weight excluding hydrogens is 339 g/mol. The zero-order valence-corrected chi connectivity index (χ0v) is 14.4. The number of aromatic nitrogens is 2. The van der Waals surface area contributed by atoms with Crippen molar-refractivity contribution in [2.24, 2.45) is 11.7 Å². The minimum absolute atomic E-state index is 0.272. The first-order valence-electron chi connectivity index (χ1n) is 8.58. The SMILES string of the molecule is NC1CCC(CCO)CC1.O=[N+]([O-])c1cc(F)ccc1-c1ccncn1. The van der Waals surface area contributed by atoms with E-state index in [0.29, 0.717) is 18.3 Å². The number of hydrogen-bond acceptors (Lipinski definition) is 6. The molecule has 0 spiro atoms. The van der Waals surface area contributed by atoms with Crippen molar-refractivity contribution in [3.05, 3.63) is 52.7 Å². The highest BCUT2D eigenvalue weighted by molar-refractivity contribution is 5.70. The van der Waals surface area contributed by atoms with Gasteiger partial charge in [-0.2, -0.15) is 0 Å². The van der Waals surface area contributed by atoms with E-state index in [2.05, 4.69) is 9.97 Å². The number of aliphatic hydroxyl groups excluding tert-OH is 1. The Morgan fingerprint density at radius 3 is 2.58 bits per heavy atom. The van der Waals surface area contributed by atoms with Crippen molar-refractivity contribution in [2.75, 3.05) is 6.61 Å². The normalized spacial score (nSPS) is 19.3. The van der Waals surface area contributed by atoms with Crippen LogP contribution in [-0.4, -0.2) is 32.6 Å². The summed E-state index contributed by atoms with van der Waals surface area (Å²) in [6, 6.07) is 5.33. The van der Waals surface area contributed by atoms with E-state index in [1.807, 2.05) is 0 Å². The molecule has 1 heterocycles. The minimum atomic E-state index is -0.649. The summed E-state index contributed by atoms with van der Waals surface area (Å²) in [4.78, 5) is 17.7. The fraction of sp³-hybridized carbons (Fsp3) is 0.444. The molecule has 3 N–H and O–H groups in total. The van der Waals surface area contributed by atoms with Crippen LogP contribution < -0.4 is 5.73 Å². The number of rotatable bonds is 4. The Kier molecular flexibility index (Phi) is 7.55. The van der Waals surface area contributed by atoms with Gasteiger partial charge < -0.3 is 10.8 Å². The van der Waals surface area contributed by atoms with Gasteiger partial charge in [0, 0.05) is 18.8 Å². The van der Waals surface area contributed by atoms with Gasteiger partial charge in [-0.25, -0.2) is 14.4 Å². The van der Waals surface area contributed by atoms with Crippen molar-refractivity contribution >= 4 is 5.69 Å². The molecule has 26 heavy (non-hydrogen) atoms. The van der Waals surface area contributed by atoms with Gasteiger partial charge in [-0.15, -0.1) is 0 Å². The van der Waals surface area contributed by atoms with Crippen LogP contribution in [0.1, 0.15) is 32.1 Å². The molecule has 1 fully saturated rings. The molecule has 0 radical (unpaired) electrons. The number of aliphatic hydroxyl groups is 1. The Morgan fingerprint density at radius 2 is 2.00 bits per heavy atom. The largest absolute Gasteiger partial charge is 0.396 e. The highest BCUT2D eigenvalue weighted by Crippen LogP contribution is 2.28. The minimum Gasteiger partial charge on any atom is -0.396 e. The molecule has 140 valence electrons. The Balaban J connectivity index is 0.000000209. The van der Waals surface area contributed by atoms with Crippen molar-refractivity contribution in [3.8, 4) is 11.3 Å². The standard InChI is InChI=1S/C10H6FN3O2.C8H17NO/c11-7-1-2-8(10(5-7)14(15)16)9-3-4-12-6-13-9;9-8-3-1-7(2-4-8)5-6-10/h1-6H;7-8,10H,1-6,9H2. The third kappa shape index (κ3) is 5.82. The molecule has 0 saturated heterocycles. The zero-order chi connectivity index (χ0) is 18.9. The molecule has 1 aromatic heterocycles. The van der Waals surface area contributed by atoms with Crippen LogP contribution in [0.4, 0.5) is 10.1 Å². The molecule has 0 atom stereocenters. The van der Waals surface area contributed by atoms with E-state index in [1.54, 1.807) is 0 Å². The maximum Gasteiger partial charge on any atom is 0.281 e. The molecule has 0 unspecified atom stereocenters. The third-order valence-corrected chi connectivity index (χ3v) is 4.44. The molecule has 0 amide bonds. The zero-order valence-electron chi connectivity index (χ0n) is 14.4. The molecular formula is C18H23FN4O3. The van der Waals surface area contributed by atoms with Gasteiger partial charge in [-0.05, 0) is 56.2 Å². The van der Waals surface area contributed by atoms with Gasteiger partial charge in [0.25, 0.3) is 5.69 Å². The van der Waals surface area contributed by atoms with Gasteiger partial charge in [0.15, 0.2) is 0 Å².